The molecule has 4 nitrogen and oxygen atoms in total. The molecule has 1 unspecified atom stereocenters. The summed E-state index contributed by atoms with van der Waals surface area (Å²) in [5.41, 5.74) is 7.44. The second-order valence-corrected chi connectivity index (χ2v) is 6.29. The minimum atomic E-state index is -0.385. The van der Waals surface area contributed by atoms with Gasteiger partial charge in [0.25, 0.3) is 0 Å². The van der Waals surface area contributed by atoms with Crippen molar-refractivity contribution in [3.8, 4) is 5.75 Å². The summed E-state index contributed by atoms with van der Waals surface area (Å²) >= 11 is 0. The molecule has 3 rings (SSSR count). The second-order valence-electron chi connectivity index (χ2n) is 6.29. The maximum atomic E-state index is 13.9. The number of fused-ring (bicyclic) bond motifs is 1. The molecule has 1 aromatic rings. The Morgan fingerprint density at radius 3 is 2.86 bits per heavy atom. The molecular formula is C16H24FN3O. The zero-order valence-electron chi connectivity index (χ0n) is 12.8. The summed E-state index contributed by atoms with van der Waals surface area (Å²) in [5, 5.41) is 0. The van der Waals surface area contributed by atoms with E-state index in [2.05, 4.69) is 9.80 Å². The molecule has 0 amide bonds. The normalized spacial score (nSPS) is 22.7. The summed E-state index contributed by atoms with van der Waals surface area (Å²) in [5.74, 6) is -0.0903. The topological polar surface area (TPSA) is 41.7 Å². The van der Waals surface area contributed by atoms with Crippen molar-refractivity contribution in [2.24, 2.45) is 0 Å². The van der Waals surface area contributed by atoms with Gasteiger partial charge < -0.3 is 15.4 Å². The van der Waals surface area contributed by atoms with Gasteiger partial charge in [-0.2, -0.15) is 0 Å². The monoisotopic (exact) mass is 293 g/mol. The van der Waals surface area contributed by atoms with Crippen molar-refractivity contribution in [1.29, 1.82) is 0 Å². The maximum Gasteiger partial charge on any atom is 0.167 e. The van der Waals surface area contributed by atoms with Crippen molar-refractivity contribution in [3.05, 3.63) is 17.9 Å². The molecular weight excluding hydrogens is 269 g/mol. The highest BCUT2D eigenvalue weighted by atomic mass is 19.1. The van der Waals surface area contributed by atoms with E-state index in [1.807, 2.05) is 13.8 Å². The number of halogens is 1. The molecule has 116 valence electrons. The van der Waals surface area contributed by atoms with Crippen LogP contribution in [0.5, 0.6) is 5.75 Å². The number of anilines is 2. The molecule has 2 heterocycles. The van der Waals surface area contributed by atoms with E-state index in [0.29, 0.717) is 17.5 Å². The van der Waals surface area contributed by atoms with Crippen LogP contribution in [-0.2, 0) is 0 Å². The molecule has 2 aliphatic rings. The van der Waals surface area contributed by atoms with E-state index in [9.17, 15) is 4.39 Å². The molecule has 2 aliphatic heterocycles. The van der Waals surface area contributed by atoms with Crippen molar-refractivity contribution in [3.63, 3.8) is 0 Å². The highest BCUT2D eigenvalue weighted by molar-refractivity contribution is 5.70. The summed E-state index contributed by atoms with van der Waals surface area (Å²) in [6, 6.07) is 3.75. The highest BCUT2D eigenvalue weighted by Crippen LogP contribution is 2.34. The lowest BCUT2D eigenvalue weighted by Gasteiger charge is -2.39. The molecule has 1 aromatic carbocycles. The smallest absolute Gasteiger partial charge is 0.167 e. The third-order valence-electron chi connectivity index (χ3n) is 4.37. The molecule has 0 saturated carbocycles. The molecule has 0 bridgehead atoms. The maximum absolute atomic E-state index is 13.9. The lowest BCUT2D eigenvalue weighted by molar-refractivity contribution is 0.227. The van der Waals surface area contributed by atoms with E-state index in [1.54, 1.807) is 6.07 Å². The minimum Gasteiger partial charge on any atom is -0.488 e. The van der Waals surface area contributed by atoms with Gasteiger partial charge in [0.15, 0.2) is 11.6 Å². The Balaban J connectivity index is 1.83. The van der Waals surface area contributed by atoms with Crippen molar-refractivity contribution in [2.45, 2.75) is 38.8 Å². The first-order chi connectivity index (χ1) is 10.0. The number of hydrogen-bond acceptors (Lipinski definition) is 4. The van der Waals surface area contributed by atoms with Crippen molar-refractivity contribution in [2.75, 3.05) is 36.8 Å². The van der Waals surface area contributed by atoms with Crippen LogP contribution in [0.3, 0.4) is 0 Å². The predicted molar refractivity (Wildman–Crippen MR) is 83.4 cm³/mol. The Hall–Kier alpha value is -1.49. The van der Waals surface area contributed by atoms with Crippen LogP contribution in [0, 0.1) is 5.82 Å². The first-order valence-electron chi connectivity index (χ1n) is 7.79. The second kappa shape index (κ2) is 5.72. The van der Waals surface area contributed by atoms with Crippen LogP contribution in [0.4, 0.5) is 15.8 Å². The molecule has 2 fully saturated rings. The van der Waals surface area contributed by atoms with Crippen LogP contribution < -0.4 is 15.4 Å². The molecule has 2 N–H and O–H groups in total. The van der Waals surface area contributed by atoms with E-state index < -0.39 is 0 Å². The summed E-state index contributed by atoms with van der Waals surface area (Å²) < 4.78 is 19.5. The van der Waals surface area contributed by atoms with Crippen molar-refractivity contribution >= 4 is 11.4 Å². The molecule has 2 saturated heterocycles. The van der Waals surface area contributed by atoms with Crippen LogP contribution in [0.2, 0.25) is 0 Å². The average molecular weight is 293 g/mol. The standard InChI is InChI=1S/C16H24FN3O/c1-11(2)21-16-9-15(14(18)8-13(16)17)20-7-6-19-5-3-4-12(19)10-20/h8-9,11-12H,3-7,10,18H2,1-2H3. The largest absolute Gasteiger partial charge is 0.488 e. The summed E-state index contributed by atoms with van der Waals surface area (Å²) in [6.07, 6.45) is 2.47. The molecule has 5 heteroatoms. The zero-order valence-corrected chi connectivity index (χ0v) is 12.8. The number of nitrogen functional groups attached to an aromatic ring is 1. The van der Waals surface area contributed by atoms with Gasteiger partial charge in [0.1, 0.15) is 0 Å². The average Bonchev–Trinajstić information content (AvgIpc) is 2.88. The van der Waals surface area contributed by atoms with E-state index >= 15 is 0 Å². The Labute approximate surface area is 125 Å². The fourth-order valence-electron chi connectivity index (χ4n) is 3.39. The summed E-state index contributed by atoms with van der Waals surface area (Å²) in [7, 11) is 0. The molecule has 1 atom stereocenters. The quantitative estimate of drug-likeness (QED) is 0.869. The van der Waals surface area contributed by atoms with Gasteiger partial charge in [0, 0.05) is 37.8 Å². The van der Waals surface area contributed by atoms with E-state index in [1.165, 1.54) is 25.5 Å². The molecule has 0 aliphatic carbocycles. The van der Waals surface area contributed by atoms with E-state index in [-0.39, 0.29) is 11.9 Å². The van der Waals surface area contributed by atoms with E-state index in [0.717, 1.165) is 25.3 Å². The van der Waals surface area contributed by atoms with Crippen LogP contribution in [0.25, 0.3) is 0 Å². The van der Waals surface area contributed by atoms with Gasteiger partial charge in [-0.05, 0) is 33.2 Å². The number of hydrogen-bond donors (Lipinski definition) is 1. The van der Waals surface area contributed by atoms with Gasteiger partial charge in [-0.25, -0.2) is 4.39 Å². The van der Waals surface area contributed by atoms with Gasteiger partial charge in [0.05, 0.1) is 17.5 Å². The lowest BCUT2D eigenvalue weighted by atomic mass is 10.1. The van der Waals surface area contributed by atoms with Gasteiger partial charge in [-0.1, -0.05) is 0 Å². The highest BCUT2D eigenvalue weighted by Gasteiger charge is 2.31. The minimum absolute atomic E-state index is 0.0531. The summed E-state index contributed by atoms with van der Waals surface area (Å²) in [4.78, 5) is 4.82. The van der Waals surface area contributed by atoms with Gasteiger partial charge in [0.2, 0.25) is 0 Å². The number of ether oxygens (including phenoxy) is 1. The molecule has 21 heavy (non-hydrogen) atoms. The zero-order chi connectivity index (χ0) is 15.0. The fourth-order valence-corrected chi connectivity index (χ4v) is 3.39. The van der Waals surface area contributed by atoms with Gasteiger partial charge in [-0.15, -0.1) is 0 Å². The fraction of sp³-hybridized carbons (Fsp3) is 0.625. The number of piperazine rings is 1. The Morgan fingerprint density at radius 2 is 2.10 bits per heavy atom. The van der Waals surface area contributed by atoms with Crippen LogP contribution in [0.15, 0.2) is 12.1 Å². The number of nitrogens with zero attached hydrogens (tertiary/aromatic N) is 2. The molecule has 0 radical (unpaired) electrons. The molecule has 0 spiro atoms. The Morgan fingerprint density at radius 1 is 1.29 bits per heavy atom. The lowest BCUT2D eigenvalue weighted by Crippen LogP contribution is -2.50. The van der Waals surface area contributed by atoms with Crippen molar-refractivity contribution in [1.82, 2.24) is 4.90 Å². The number of benzene rings is 1. The summed E-state index contributed by atoms with van der Waals surface area (Å²) in [6.45, 7) is 7.96. The number of nitrogens with two attached hydrogens (primary N) is 1. The Bertz CT molecular complexity index is 520. The third-order valence-corrected chi connectivity index (χ3v) is 4.37. The van der Waals surface area contributed by atoms with Gasteiger partial charge in [-0.3, -0.25) is 4.90 Å². The van der Waals surface area contributed by atoms with Crippen LogP contribution in [0.1, 0.15) is 26.7 Å². The Kier molecular flexibility index (Phi) is 3.93. The first-order valence-corrected chi connectivity index (χ1v) is 7.79. The molecule has 0 aromatic heterocycles. The SMILES string of the molecule is CC(C)Oc1cc(N2CCN3CCCC3C2)c(N)cc1F. The number of rotatable bonds is 3. The van der Waals surface area contributed by atoms with Crippen LogP contribution >= 0.6 is 0 Å². The van der Waals surface area contributed by atoms with Gasteiger partial charge >= 0.3 is 0 Å². The van der Waals surface area contributed by atoms with Crippen molar-refractivity contribution < 1.29 is 9.13 Å². The third kappa shape index (κ3) is 2.93. The van der Waals surface area contributed by atoms with Crippen LogP contribution in [-0.4, -0.2) is 43.2 Å². The van der Waals surface area contributed by atoms with E-state index in [4.69, 9.17) is 10.5 Å². The predicted octanol–water partition coefficient (Wildman–Crippen LogP) is 2.48. The first kappa shape index (κ1) is 14.4.